The van der Waals surface area contributed by atoms with Crippen LogP contribution in [-0.2, 0) is 4.79 Å². The van der Waals surface area contributed by atoms with E-state index in [4.69, 9.17) is 16.7 Å². The molecule has 18 heavy (non-hydrogen) atoms. The van der Waals surface area contributed by atoms with Gasteiger partial charge in [0.1, 0.15) is 0 Å². The van der Waals surface area contributed by atoms with Gasteiger partial charge in [0.2, 0.25) is 5.16 Å². The minimum absolute atomic E-state index is 0.119. The second-order valence-electron chi connectivity index (χ2n) is 3.15. The van der Waals surface area contributed by atoms with Gasteiger partial charge in [-0.1, -0.05) is 39.3 Å². The Morgan fingerprint density at radius 3 is 3.06 bits per heavy atom. The summed E-state index contributed by atoms with van der Waals surface area (Å²) in [4.78, 5) is 10.5. The standard InChI is InChI=1S/C9H6BrClN4O2S/c10-5-1-2-6(11)7(3-5)15-9(12-13-14-15)18-4-8(16)17/h1-3H,4H2,(H,16,17). The maximum absolute atomic E-state index is 10.5. The van der Waals surface area contributed by atoms with Crippen LogP contribution in [0, 0.1) is 0 Å². The van der Waals surface area contributed by atoms with Gasteiger partial charge in [-0.2, -0.15) is 4.68 Å². The highest BCUT2D eigenvalue weighted by molar-refractivity contribution is 9.10. The first-order chi connectivity index (χ1) is 8.58. The van der Waals surface area contributed by atoms with Gasteiger partial charge in [0, 0.05) is 4.47 Å². The molecule has 0 bridgehead atoms. The zero-order chi connectivity index (χ0) is 13.1. The van der Waals surface area contributed by atoms with Crippen molar-refractivity contribution in [2.75, 3.05) is 5.75 Å². The predicted molar refractivity (Wildman–Crippen MR) is 70.2 cm³/mol. The van der Waals surface area contributed by atoms with Gasteiger partial charge in [-0.25, -0.2) is 0 Å². The van der Waals surface area contributed by atoms with Crippen LogP contribution in [0.2, 0.25) is 5.02 Å². The average molecular weight is 350 g/mol. The summed E-state index contributed by atoms with van der Waals surface area (Å²) in [5.41, 5.74) is 0.587. The maximum atomic E-state index is 10.5. The van der Waals surface area contributed by atoms with E-state index < -0.39 is 5.97 Å². The molecule has 2 aromatic rings. The number of aliphatic carboxylic acids is 1. The third-order valence-corrected chi connectivity index (χ3v) is 3.62. The van der Waals surface area contributed by atoms with Crippen LogP contribution in [0.3, 0.4) is 0 Å². The summed E-state index contributed by atoms with van der Waals surface area (Å²) < 4.78 is 2.23. The van der Waals surface area contributed by atoms with E-state index in [2.05, 4.69) is 31.5 Å². The molecule has 1 N–H and O–H groups in total. The van der Waals surface area contributed by atoms with Crippen molar-refractivity contribution in [3.8, 4) is 5.69 Å². The minimum Gasteiger partial charge on any atom is -0.481 e. The zero-order valence-electron chi connectivity index (χ0n) is 8.75. The van der Waals surface area contributed by atoms with Gasteiger partial charge in [-0.3, -0.25) is 4.79 Å². The van der Waals surface area contributed by atoms with Crippen molar-refractivity contribution in [1.29, 1.82) is 0 Å². The monoisotopic (exact) mass is 348 g/mol. The molecule has 0 amide bonds. The third kappa shape index (κ3) is 3.01. The molecule has 0 aliphatic carbocycles. The third-order valence-electron chi connectivity index (χ3n) is 1.90. The summed E-state index contributed by atoms with van der Waals surface area (Å²) in [7, 11) is 0. The number of tetrazole rings is 1. The Morgan fingerprint density at radius 1 is 1.56 bits per heavy atom. The molecule has 6 nitrogen and oxygen atoms in total. The maximum Gasteiger partial charge on any atom is 0.313 e. The molecule has 0 radical (unpaired) electrons. The zero-order valence-corrected chi connectivity index (χ0v) is 11.9. The summed E-state index contributed by atoms with van der Waals surface area (Å²) in [5.74, 6) is -1.05. The largest absolute Gasteiger partial charge is 0.481 e. The number of halogens is 2. The molecule has 0 saturated heterocycles. The van der Waals surface area contributed by atoms with Crippen molar-refractivity contribution >= 4 is 45.3 Å². The van der Waals surface area contributed by atoms with Crippen molar-refractivity contribution in [2.45, 2.75) is 5.16 Å². The Kier molecular flexibility index (Phi) is 4.20. The number of carboxylic acids is 1. The van der Waals surface area contributed by atoms with E-state index in [1.165, 1.54) is 4.68 Å². The van der Waals surface area contributed by atoms with Gasteiger partial charge in [0.05, 0.1) is 16.5 Å². The average Bonchev–Trinajstić information content (AvgIpc) is 2.77. The van der Waals surface area contributed by atoms with Gasteiger partial charge in [-0.15, -0.1) is 5.10 Å². The molecular weight excluding hydrogens is 344 g/mol. The van der Waals surface area contributed by atoms with Crippen molar-refractivity contribution in [3.05, 3.63) is 27.7 Å². The molecule has 9 heteroatoms. The number of carboxylic acid groups (broad SMARTS) is 1. The summed E-state index contributed by atoms with van der Waals surface area (Å²) in [5, 5.41) is 20.6. The van der Waals surface area contributed by atoms with Crippen LogP contribution in [-0.4, -0.2) is 37.0 Å². The van der Waals surface area contributed by atoms with Crippen LogP contribution in [0.4, 0.5) is 0 Å². The van der Waals surface area contributed by atoms with Crippen molar-refractivity contribution in [2.24, 2.45) is 0 Å². The number of rotatable bonds is 4. The van der Waals surface area contributed by atoms with Gasteiger partial charge in [0.25, 0.3) is 0 Å². The van der Waals surface area contributed by atoms with E-state index >= 15 is 0 Å². The Hall–Kier alpha value is -1.12. The Balaban J connectivity index is 2.36. The molecule has 2 rings (SSSR count). The number of nitrogens with zero attached hydrogens (tertiary/aromatic N) is 4. The lowest BCUT2D eigenvalue weighted by molar-refractivity contribution is -0.133. The highest BCUT2D eigenvalue weighted by atomic mass is 79.9. The summed E-state index contributed by atoms with van der Waals surface area (Å²) in [6.45, 7) is 0. The number of benzene rings is 1. The highest BCUT2D eigenvalue weighted by Crippen LogP contribution is 2.26. The lowest BCUT2D eigenvalue weighted by Crippen LogP contribution is -2.03. The van der Waals surface area contributed by atoms with Crippen LogP contribution in [0.5, 0.6) is 0 Å². The number of hydrogen-bond acceptors (Lipinski definition) is 5. The second kappa shape index (κ2) is 5.68. The summed E-state index contributed by atoms with van der Waals surface area (Å²) in [6, 6.07) is 5.25. The first kappa shape index (κ1) is 13.3. The molecule has 1 aromatic carbocycles. The highest BCUT2D eigenvalue weighted by Gasteiger charge is 2.13. The molecule has 94 valence electrons. The van der Waals surface area contributed by atoms with E-state index in [-0.39, 0.29) is 5.75 Å². The second-order valence-corrected chi connectivity index (χ2v) is 5.42. The fourth-order valence-corrected chi connectivity index (χ4v) is 2.35. The van der Waals surface area contributed by atoms with Crippen LogP contribution in [0.15, 0.2) is 27.8 Å². The molecule has 0 atom stereocenters. The van der Waals surface area contributed by atoms with Crippen LogP contribution < -0.4 is 0 Å². The van der Waals surface area contributed by atoms with Crippen molar-refractivity contribution in [3.63, 3.8) is 0 Å². The van der Waals surface area contributed by atoms with Crippen LogP contribution >= 0.6 is 39.3 Å². The van der Waals surface area contributed by atoms with E-state index in [1.54, 1.807) is 18.2 Å². The predicted octanol–water partition coefficient (Wildman–Crippen LogP) is 2.25. The summed E-state index contributed by atoms with van der Waals surface area (Å²) in [6.07, 6.45) is 0. The lowest BCUT2D eigenvalue weighted by atomic mass is 10.3. The number of hydrogen-bond donors (Lipinski definition) is 1. The smallest absolute Gasteiger partial charge is 0.313 e. The van der Waals surface area contributed by atoms with E-state index in [0.29, 0.717) is 15.9 Å². The van der Waals surface area contributed by atoms with Gasteiger partial charge in [0.15, 0.2) is 0 Å². The van der Waals surface area contributed by atoms with Gasteiger partial charge >= 0.3 is 5.97 Å². The quantitative estimate of drug-likeness (QED) is 0.853. The van der Waals surface area contributed by atoms with Crippen LogP contribution in [0.1, 0.15) is 0 Å². The number of carbonyl (C=O) groups is 1. The van der Waals surface area contributed by atoms with Crippen molar-refractivity contribution < 1.29 is 9.90 Å². The number of aromatic nitrogens is 4. The normalized spacial score (nSPS) is 10.6. The Bertz CT molecular complexity index is 592. The molecule has 0 aliphatic rings. The molecule has 0 fully saturated rings. The van der Waals surface area contributed by atoms with Crippen molar-refractivity contribution in [1.82, 2.24) is 20.2 Å². The molecule has 1 heterocycles. The molecule has 0 aliphatic heterocycles. The Morgan fingerprint density at radius 2 is 2.33 bits per heavy atom. The molecule has 1 aromatic heterocycles. The fraction of sp³-hybridized carbons (Fsp3) is 0.111. The SMILES string of the molecule is O=C(O)CSc1nnnn1-c1cc(Br)ccc1Cl. The lowest BCUT2D eigenvalue weighted by Gasteiger charge is -2.05. The van der Waals surface area contributed by atoms with Gasteiger partial charge < -0.3 is 5.11 Å². The first-order valence-electron chi connectivity index (χ1n) is 4.66. The first-order valence-corrected chi connectivity index (χ1v) is 6.82. The minimum atomic E-state index is -0.935. The topological polar surface area (TPSA) is 80.9 Å². The summed E-state index contributed by atoms with van der Waals surface area (Å²) >= 11 is 10.4. The van der Waals surface area contributed by atoms with E-state index in [0.717, 1.165) is 16.2 Å². The molecule has 0 unspecified atom stereocenters. The Labute approximate surface area is 119 Å². The number of thioether (sulfide) groups is 1. The van der Waals surface area contributed by atoms with Crippen LogP contribution in [0.25, 0.3) is 5.69 Å². The molecule has 0 saturated carbocycles. The molecule has 0 spiro atoms. The molecular formula is C9H6BrClN4O2S. The van der Waals surface area contributed by atoms with Gasteiger partial charge in [-0.05, 0) is 28.6 Å². The van der Waals surface area contributed by atoms with E-state index in [1.807, 2.05) is 0 Å². The fourth-order valence-electron chi connectivity index (χ4n) is 1.19. The van der Waals surface area contributed by atoms with E-state index in [9.17, 15) is 4.79 Å².